The molecule has 1 aromatic heterocycles. The van der Waals surface area contributed by atoms with Gasteiger partial charge in [-0.3, -0.25) is 9.78 Å². The first kappa shape index (κ1) is 14.3. The highest BCUT2D eigenvalue weighted by Crippen LogP contribution is 2.52. The zero-order valence-electron chi connectivity index (χ0n) is 11.7. The molecule has 0 aromatic carbocycles. The van der Waals surface area contributed by atoms with E-state index in [-0.39, 0.29) is 28.8 Å². The fraction of sp³-hybridized carbons (Fsp3) is 0.571. The molecule has 1 fully saturated rings. The summed E-state index contributed by atoms with van der Waals surface area (Å²) in [5.74, 6) is -0.176. The number of halogens is 1. The van der Waals surface area contributed by atoms with Gasteiger partial charge in [-0.2, -0.15) is 0 Å². The molecule has 4 nitrogen and oxygen atoms in total. The summed E-state index contributed by atoms with van der Waals surface area (Å²) in [6.07, 6.45) is 3.03. The highest BCUT2D eigenvalue weighted by atomic mass is 35.5. The molecule has 1 amide bonds. The van der Waals surface area contributed by atoms with Crippen LogP contribution in [0.5, 0.6) is 0 Å². The van der Waals surface area contributed by atoms with Crippen molar-refractivity contribution in [1.82, 2.24) is 10.3 Å². The van der Waals surface area contributed by atoms with Crippen molar-refractivity contribution in [2.75, 3.05) is 0 Å². The molecule has 1 aromatic rings. The van der Waals surface area contributed by atoms with Gasteiger partial charge in [-0.1, -0.05) is 39.3 Å². The van der Waals surface area contributed by atoms with Gasteiger partial charge in [-0.05, 0) is 6.07 Å². The van der Waals surface area contributed by atoms with Crippen LogP contribution >= 0.6 is 11.6 Å². The summed E-state index contributed by atoms with van der Waals surface area (Å²) in [6.45, 7) is 8.29. The van der Waals surface area contributed by atoms with Gasteiger partial charge in [0, 0.05) is 35.3 Å². The largest absolute Gasteiger partial charge is 0.348 e. The lowest BCUT2D eigenvalue weighted by atomic mass is 9.48. The maximum Gasteiger partial charge on any atom is 0.253 e. The Morgan fingerprint density at radius 3 is 2.47 bits per heavy atom. The maximum atomic E-state index is 12.3. The number of carbonyl (C=O) groups excluding carboxylic acids is 1. The molecule has 0 atom stereocenters. The van der Waals surface area contributed by atoms with E-state index in [0.29, 0.717) is 10.6 Å². The Kier molecular flexibility index (Phi) is 3.35. The molecule has 104 valence electrons. The van der Waals surface area contributed by atoms with E-state index < -0.39 is 0 Å². The van der Waals surface area contributed by atoms with Crippen molar-refractivity contribution in [2.24, 2.45) is 16.6 Å². The lowest BCUT2D eigenvalue weighted by molar-refractivity contribution is -0.0663. The SMILES string of the molecule is CC1(C)C(N)C(C)(C)C1NC(=O)c1ccncc1Cl. The van der Waals surface area contributed by atoms with Crippen LogP contribution in [0.4, 0.5) is 0 Å². The Labute approximate surface area is 118 Å². The lowest BCUT2D eigenvalue weighted by Gasteiger charge is -2.62. The molecule has 2 rings (SSSR count). The first-order valence-corrected chi connectivity index (χ1v) is 6.72. The van der Waals surface area contributed by atoms with Crippen LogP contribution in [0.3, 0.4) is 0 Å². The van der Waals surface area contributed by atoms with Crippen LogP contribution in [-0.2, 0) is 0 Å². The molecule has 0 spiro atoms. The van der Waals surface area contributed by atoms with Crippen LogP contribution in [0, 0.1) is 10.8 Å². The second-order valence-electron chi connectivity index (χ2n) is 6.38. The first-order chi connectivity index (χ1) is 8.69. The summed E-state index contributed by atoms with van der Waals surface area (Å²) >= 11 is 5.99. The van der Waals surface area contributed by atoms with Gasteiger partial charge in [0.15, 0.2) is 0 Å². The van der Waals surface area contributed by atoms with Crippen LogP contribution in [0.2, 0.25) is 5.02 Å². The van der Waals surface area contributed by atoms with Crippen LogP contribution < -0.4 is 11.1 Å². The number of hydrogen-bond acceptors (Lipinski definition) is 3. The third-order valence-corrected chi connectivity index (χ3v) is 4.68. The van der Waals surface area contributed by atoms with E-state index in [1.54, 1.807) is 12.3 Å². The van der Waals surface area contributed by atoms with E-state index in [1.807, 2.05) is 0 Å². The summed E-state index contributed by atoms with van der Waals surface area (Å²) in [5.41, 5.74) is 6.38. The Morgan fingerprint density at radius 1 is 1.37 bits per heavy atom. The third kappa shape index (κ3) is 2.13. The summed E-state index contributed by atoms with van der Waals surface area (Å²) in [7, 11) is 0. The minimum atomic E-state index is -0.176. The van der Waals surface area contributed by atoms with Crippen molar-refractivity contribution in [1.29, 1.82) is 0 Å². The van der Waals surface area contributed by atoms with Gasteiger partial charge < -0.3 is 11.1 Å². The smallest absolute Gasteiger partial charge is 0.253 e. The number of nitrogens with zero attached hydrogens (tertiary/aromatic N) is 1. The molecule has 0 bridgehead atoms. The molecule has 19 heavy (non-hydrogen) atoms. The maximum absolute atomic E-state index is 12.3. The third-order valence-electron chi connectivity index (χ3n) is 4.38. The molecule has 1 aliphatic carbocycles. The summed E-state index contributed by atoms with van der Waals surface area (Å²) in [4.78, 5) is 16.2. The van der Waals surface area contributed by atoms with Gasteiger partial charge in [0.1, 0.15) is 0 Å². The molecule has 0 radical (unpaired) electrons. The zero-order chi connectivity index (χ0) is 14.4. The number of carbonyl (C=O) groups is 1. The van der Waals surface area contributed by atoms with Crippen molar-refractivity contribution < 1.29 is 4.79 Å². The fourth-order valence-corrected chi connectivity index (χ4v) is 3.53. The van der Waals surface area contributed by atoms with Crippen LogP contribution in [0.1, 0.15) is 38.1 Å². The zero-order valence-corrected chi connectivity index (χ0v) is 12.5. The normalized spacial score (nSPS) is 27.5. The van der Waals surface area contributed by atoms with E-state index in [1.165, 1.54) is 6.20 Å². The molecule has 5 heteroatoms. The second-order valence-corrected chi connectivity index (χ2v) is 6.79. The molecule has 1 heterocycles. The highest BCUT2D eigenvalue weighted by Gasteiger charge is 2.60. The lowest BCUT2D eigenvalue weighted by Crippen LogP contribution is -2.76. The molecule has 3 N–H and O–H groups in total. The highest BCUT2D eigenvalue weighted by molar-refractivity contribution is 6.33. The molecule has 0 unspecified atom stereocenters. The Balaban J connectivity index is 2.19. The summed E-state index contributed by atoms with van der Waals surface area (Å²) in [6, 6.07) is 1.70. The van der Waals surface area contributed by atoms with Crippen molar-refractivity contribution in [2.45, 2.75) is 39.8 Å². The quantitative estimate of drug-likeness (QED) is 0.873. The number of aromatic nitrogens is 1. The number of nitrogens with two attached hydrogens (primary N) is 1. The van der Waals surface area contributed by atoms with Gasteiger partial charge in [-0.25, -0.2) is 0 Å². The molecule has 0 aliphatic heterocycles. The predicted octanol–water partition coefficient (Wildman–Crippen LogP) is 2.23. The Bertz CT molecular complexity index is 497. The van der Waals surface area contributed by atoms with Crippen molar-refractivity contribution in [3.63, 3.8) is 0 Å². The topological polar surface area (TPSA) is 68.0 Å². The van der Waals surface area contributed by atoms with Gasteiger partial charge >= 0.3 is 0 Å². The minimum absolute atomic E-state index is 0.0201. The number of rotatable bonds is 2. The fourth-order valence-electron chi connectivity index (χ4n) is 3.32. The van der Waals surface area contributed by atoms with Gasteiger partial charge in [0.25, 0.3) is 5.91 Å². The van der Waals surface area contributed by atoms with E-state index in [4.69, 9.17) is 17.3 Å². The average Bonchev–Trinajstić information content (AvgIpc) is 2.34. The van der Waals surface area contributed by atoms with Gasteiger partial charge in [-0.15, -0.1) is 0 Å². The average molecular weight is 282 g/mol. The van der Waals surface area contributed by atoms with Crippen LogP contribution in [0.15, 0.2) is 18.5 Å². The monoisotopic (exact) mass is 281 g/mol. The Morgan fingerprint density at radius 2 is 1.95 bits per heavy atom. The minimum Gasteiger partial charge on any atom is -0.348 e. The van der Waals surface area contributed by atoms with E-state index in [9.17, 15) is 4.79 Å². The summed E-state index contributed by atoms with van der Waals surface area (Å²) in [5, 5.41) is 3.41. The van der Waals surface area contributed by atoms with Gasteiger partial charge in [0.05, 0.1) is 10.6 Å². The standard InChI is InChI=1S/C14H20ClN3O/c1-13(2)11(16)14(3,4)12(13)18-10(19)8-5-6-17-7-9(8)15/h5-7,11-12H,16H2,1-4H3,(H,18,19). The second kappa shape index (κ2) is 4.46. The predicted molar refractivity (Wildman–Crippen MR) is 76.0 cm³/mol. The number of amides is 1. The van der Waals surface area contributed by atoms with Crippen molar-refractivity contribution >= 4 is 17.5 Å². The van der Waals surface area contributed by atoms with Crippen LogP contribution in [-0.4, -0.2) is 23.0 Å². The van der Waals surface area contributed by atoms with Crippen LogP contribution in [0.25, 0.3) is 0 Å². The summed E-state index contributed by atoms with van der Waals surface area (Å²) < 4.78 is 0. The number of nitrogens with one attached hydrogen (secondary N) is 1. The molecule has 1 aliphatic rings. The van der Waals surface area contributed by atoms with E-state index in [2.05, 4.69) is 38.0 Å². The van der Waals surface area contributed by atoms with Crippen molar-refractivity contribution in [3.8, 4) is 0 Å². The molecule has 1 saturated carbocycles. The number of hydrogen-bond donors (Lipinski definition) is 2. The molecular weight excluding hydrogens is 262 g/mol. The first-order valence-electron chi connectivity index (χ1n) is 6.35. The van der Waals surface area contributed by atoms with Crippen molar-refractivity contribution in [3.05, 3.63) is 29.0 Å². The van der Waals surface area contributed by atoms with E-state index >= 15 is 0 Å². The van der Waals surface area contributed by atoms with Gasteiger partial charge in [0.2, 0.25) is 0 Å². The number of pyridine rings is 1. The molecule has 0 saturated heterocycles. The Hall–Kier alpha value is -1.13. The molecular formula is C14H20ClN3O. The van der Waals surface area contributed by atoms with E-state index in [0.717, 1.165) is 0 Å².